The molecule has 0 unspecified atom stereocenters. The van der Waals surface area contributed by atoms with Crippen molar-refractivity contribution in [2.45, 2.75) is 26.7 Å². The minimum Gasteiger partial charge on any atom is -0.356 e. The average molecular weight is 345 g/mol. The van der Waals surface area contributed by atoms with Gasteiger partial charge in [-0.05, 0) is 26.0 Å². The highest BCUT2D eigenvalue weighted by molar-refractivity contribution is 7.13. The van der Waals surface area contributed by atoms with Crippen LogP contribution < -0.4 is 10.2 Å². The highest BCUT2D eigenvalue weighted by atomic mass is 32.1. The van der Waals surface area contributed by atoms with Crippen LogP contribution in [0.4, 0.5) is 10.9 Å². The number of nitrogens with one attached hydrogen (secondary N) is 1. The second-order valence-electron chi connectivity index (χ2n) is 5.14. The highest BCUT2D eigenvalue weighted by Crippen LogP contribution is 2.14. The molecule has 0 aromatic carbocycles. The van der Waals surface area contributed by atoms with Crippen LogP contribution in [-0.2, 0) is 11.2 Å². The zero-order valence-corrected chi connectivity index (χ0v) is 14.5. The zero-order valence-electron chi connectivity index (χ0n) is 13.6. The van der Waals surface area contributed by atoms with Crippen LogP contribution in [0.5, 0.6) is 0 Å². The second-order valence-corrected chi connectivity index (χ2v) is 6.03. The summed E-state index contributed by atoms with van der Waals surface area (Å²) in [6.07, 6.45) is 2.43. The molecule has 0 atom stereocenters. The van der Waals surface area contributed by atoms with E-state index in [0.29, 0.717) is 29.4 Å². The smallest absolute Gasteiger partial charge is 0.226 e. The molecule has 8 nitrogen and oxygen atoms in total. The van der Waals surface area contributed by atoms with E-state index in [1.807, 2.05) is 17.5 Å². The third kappa shape index (κ3) is 3.51. The lowest BCUT2D eigenvalue weighted by molar-refractivity contribution is -0.116. The van der Waals surface area contributed by atoms with E-state index in [0.717, 1.165) is 18.9 Å². The third-order valence-corrected chi connectivity index (χ3v) is 4.34. The fourth-order valence-electron chi connectivity index (χ4n) is 2.39. The van der Waals surface area contributed by atoms with Gasteiger partial charge in [0.25, 0.3) is 0 Å². The molecular weight excluding hydrogens is 326 g/mol. The van der Waals surface area contributed by atoms with Crippen molar-refractivity contribution in [3.63, 3.8) is 0 Å². The topological polar surface area (TPSA) is 88.3 Å². The SMILES string of the molecule is CCN(CC)c1ccc2nnc(CCC(=O)Nc3nccs3)n2n1. The van der Waals surface area contributed by atoms with Gasteiger partial charge >= 0.3 is 0 Å². The van der Waals surface area contributed by atoms with Crippen LogP contribution >= 0.6 is 11.3 Å². The Balaban J connectivity index is 1.72. The maximum atomic E-state index is 12.0. The third-order valence-electron chi connectivity index (χ3n) is 3.66. The van der Waals surface area contributed by atoms with Crippen molar-refractivity contribution < 1.29 is 4.79 Å². The number of carbonyl (C=O) groups is 1. The number of amides is 1. The molecular formula is C15H19N7OS. The molecule has 3 aromatic heterocycles. The van der Waals surface area contributed by atoms with Crippen molar-refractivity contribution >= 4 is 33.8 Å². The van der Waals surface area contributed by atoms with Crippen molar-refractivity contribution in [2.24, 2.45) is 0 Å². The lowest BCUT2D eigenvalue weighted by atomic mass is 10.3. The molecule has 9 heteroatoms. The lowest BCUT2D eigenvalue weighted by Crippen LogP contribution is -2.23. The summed E-state index contributed by atoms with van der Waals surface area (Å²) in [5, 5.41) is 18.1. The van der Waals surface area contributed by atoms with Gasteiger partial charge in [0.05, 0.1) is 0 Å². The predicted octanol–water partition coefficient (Wildman–Crippen LogP) is 2.00. The Morgan fingerprint density at radius 3 is 2.83 bits per heavy atom. The normalized spacial score (nSPS) is 10.9. The zero-order chi connectivity index (χ0) is 16.9. The Morgan fingerprint density at radius 1 is 1.29 bits per heavy atom. The number of anilines is 2. The number of hydrogen-bond donors (Lipinski definition) is 1. The Hall–Kier alpha value is -2.55. The molecule has 3 heterocycles. The Morgan fingerprint density at radius 2 is 2.12 bits per heavy atom. The van der Waals surface area contributed by atoms with Crippen LogP contribution in [0.15, 0.2) is 23.7 Å². The molecule has 0 fully saturated rings. The molecule has 0 aliphatic carbocycles. The van der Waals surface area contributed by atoms with Gasteiger partial charge in [-0.1, -0.05) is 0 Å². The van der Waals surface area contributed by atoms with Crippen molar-refractivity contribution in [1.82, 2.24) is 24.8 Å². The van der Waals surface area contributed by atoms with E-state index in [4.69, 9.17) is 0 Å². The number of aromatic nitrogens is 5. The summed E-state index contributed by atoms with van der Waals surface area (Å²) in [6.45, 7) is 5.93. The predicted molar refractivity (Wildman–Crippen MR) is 93.4 cm³/mol. The van der Waals surface area contributed by atoms with Crippen LogP contribution in [-0.4, -0.2) is 43.8 Å². The van der Waals surface area contributed by atoms with Gasteiger partial charge in [0.2, 0.25) is 5.91 Å². The fourth-order valence-corrected chi connectivity index (χ4v) is 2.93. The monoisotopic (exact) mass is 345 g/mol. The van der Waals surface area contributed by atoms with Gasteiger partial charge in [-0.3, -0.25) is 4.79 Å². The van der Waals surface area contributed by atoms with E-state index in [2.05, 4.69) is 44.3 Å². The summed E-state index contributed by atoms with van der Waals surface area (Å²) in [7, 11) is 0. The molecule has 126 valence electrons. The van der Waals surface area contributed by atoms with Gasteiger partial charge in [-0.15, -0.1) is 26.6 Å². The number of fused-ring (bicyclic) bond motifs is 1. The first kappa shape index (κ1) is 16.3. The number of rotatable bonds is 7. The number of thiazole rings is 1. The van der Waals surface area contributed by atoms with E-state index >= 15 is 0 Å². The van der Waals surface area contributed by atoms with Crippen molar-refractivity contribution in [1.29, 1.82) is 0 Å². The molecule has 1 N–H and O–H groups in total. The van der Waals surface area contributed by atoms with Crippen LogP contribution in [0.1, 0.15) is 26.1 Å². The average Bonchev–Trinajstić information content (AvgIpc) is 3.23. The highest BCUT2D eigenvalue weighted by Gasteiger charge is 2.12. The molecule has 24 heavy (non-hydrogen) atoms. The van der Waals surface area contributed by atoms with Crippen LogP contribution in [0.3, 0.4) is 0 Å². The van der Waals surface area contributed by atoms with E-state index in [1.165, 1.54) is 11.3 Å². The second kappa shape index (κ2) is 7.35. The first-order valence-electron chi connectivity index (χ1n) is 7.87. The molecule has 0 aliphatic rings. The summed E-state index contributed by atoms with van der Waals surface area (Å²) in [4.78, 5) is 18.2. The minimum atomic E-state index is -0.0957. The van der Waals surface area contributed by atoms with E-state index < -0.39 is 0 Å². The number of carbonyl (C=O) groups excluding carboxylic acids is 1. The molecule has 0 bridgehead atoms. The molecule has 0 radical (unpaired) electrons. The molecule has 0 aliphatic heterocycles. The summed E-state index contributed by atoms with van der Waals surface area (Å²) >= 11 is 1.39. The first-order valence-corrected chi connectivity index (χ1v) is 8.74. The molecule has 1 amide bonds. The number of aryl methyl sites for hydroxylation is 1. The standard InChI is InChI=1S/C15H19N7OS/c1-3-21(4-2)13-6-5-11-18-19-12(22(11)20-13)7-8-14(23)17-15-16-9-10-24-15/h5-6,9-10H,3-4,7-8H2,1-2H3,(H,16,17,23). The summed E-state index contributed by atoms with van der Waals surface area (Å²) in [6, 6.07) is 3.84. The maximum Gasteiger partial charge on any atom is 0.226 e. The van der Waals surface area contributed by atoms with Crippen molar-refractivity contribution in [3.05, 3.63) is 29.5 Å². The number of hydrogen-bond acceptors (Lipinski definition) is 7. The lowest BCUT2D eigenvalue weighted by Gasteiger charge is -2.19. The summed E-state index contributed by atoms with van der Waals surface area (Å²) < 4.78 is 1.71. The van der Waals surface area contributed by atoms with E-state index in [-0.39, 0.29) is 5.91 Å². The maximum absolute atomic E-state index is 12.0. The molecule has 0 saturated carbocycles. The summed E-state index contributed by atoms with van der Waals surface area (Å²) in [5.41, 5.74) is 0.682. The van der Waals surface area contributed by atoms with Gasteiger partial charge in [0.1, 0.15) is 5.82 Å². The van der Waals surface area contributed by atoms with Crippen molar-refractivity contribution in [2.75, 3.05) is 23.3 Å². The Kier molecular flexibility index (Phi) is 4.99. The van der Waals surface area contributed by atoms with E-state index in [1.54, 1.807) is 10.7 Å². The van der Waals surface area contributed by atoms with Gasteiger partial charge < -0.3 is 10.2 Å². The molecule has 3 aromatic rings. The van der Waals surface area contributed by atoms with Gasteiger partial charge in [0.15, 0.2) is 16.6 Å². The number of nitrogens with zero attached hydrogens (tertiary/aromatic N) is 6. The van der Waals surface area contributed by atoms with Gasteiger partial charge in [0, 0.05) is 37.5 Å². The van der Waals surface area contributed by atoms with Crippen LogP contribution in [0, 0.1) is 0 Å². The van der Waals surface area contributed by atoms with E-state index in [9.17, 15) is 4.79 Å². The van der Waals surface area contributed by atoms with Gasteiger partial charge in [-0.25, -0.2) is 4.98 Å². The Labute approximate surface area is 143 Å². The first-order chi connectivity index (χ1) is 11.7. The molecule has 0 saturated heterocycles. The fraction of sp³-hybridized carbons (Fsp3) is 0.400. The summed E-state index contributed by atoms with van der Waals surface area (Å²) in [5.74, 6) is 1.45. The van der Waals surface area contributed by atoms with Crippen molar-refractivity contribution in [3.8, 4) is 0 Å². The largest absolute Gasteiger partial charge is 0.356 e. The van der Waals surface area contributed by atoms with Crippen LogP contribution in [0.25, 0.3) is 5.65 Å². The minimum absolute atomic E-state index is 0.0957. The Bertz CT molecular complexity index is 810. The molecule has 3 rings (SSSR count). The quantitative estimate of drug-likeness (QED) is 0.704. The van der Waals surface area contributed by atoms with Gasteiger partial charge in [-0.2, -0.15) is 4.52 Å². The van der Waals surface area contributed by atoms with Crippen LogP contribution in [0.2, 0.25) is 0 Å². The molecule has 0 spiro atoms.